The predicted molar refractivity (Wildman–Crippen MR) is 94.4 cm³/mol. The summed E-state index contributed by atoms with van der Waals surface area (Å²) in [6.45, 7) is 0. The minimum Gasteiger partial charge on any atom is -0.393 e. The number of nitrogen functional groups attached to an aromatic ring is 1. The summed E-state index contributed by atoms with van der Waals surface area (Å²) in [5, 5.41) is 6.71. The number of aromatic nitrogens is 2. The molecule has 0 amide bonds. The average molecular weight is 362 g/mol. The number of rotatable bonds is 4. The van der Waals surface area contributed by atoms with Crippen molar-refractivity contribution in [1.82, 2.24) is 9.97 Å². The van der Waals surface area contributed by atoms with Crippen molar-refractivity contribution < 1.29 is 0 Å². The molecular weight excluding hydrogens is 342 g/mol. The maximum absolute atomic E-state index is 6.22. The van der Waals surface area contributed by atoms with Crippen LogP contribution in [0.5, 0.6) is 0 Å². The highest BCUT2D eigenvalue weighted by Crippen LogP contribution is 2.29. The minimum absolute atomic E-state index is 0.463. The largest absolute Gasteiger partial charge is 0.393 e. The summed E-state index contributed by atoms with van der Waals surface area (Å²) in [5.74, 6) is 1.35. The smallest absolute Gasteiger partial charge is 0.159 e. The first-order valence-corrected chi connectivity index (χ1v) is 8.41. The Morgan fingerprint density at radius 3 is 2.64 bits per heavy atom. The number of anilines is 4. The zero-order valence-electron chi connectivity index (χ0n) is 12.3. The molecule has 5 nitrogen and oxygen atoms in total. The molecule has 6 heteroatoms. The van der Waals surface area contributed by atoms with Crippen molar-refractivity contribution in [3.8, 4) is 0 Å². The lowest BCUT2D eigenvalue weighted by molar-refractivity contribution is 0.462. The van der Waals surface area contributed by atoms with Crippen molar-refractivity contribution in [3.63, 3.8) is 0 Å². The molecule has 4 N–H and O–H groups in total. The van der Waals surface area contributed by atoms with Crippen LogP contribution in [0.2, 0.25) is 0 Å². The molecule has 1 saturated carbocycles. The second kappa shape index (κ2) is 6.96. The maximum Gasteiger partial charge on any atom is 0.159 e. The van der Waals surface area contributed by atoms with E-state index in [0.29, 0.717) is 17.5 Å². The molecule has 0 unspecified atom stereocenters. The molecule has 0 bridgehead atoms. The first-order valence-electron chi connectivity index (χ1n) is 7.62. The van der Waals surface area contributed by atoms with Crippen LogP contribution in [-0.2, 0) is 0 Å². The van der Waals surface area contributed by atoms with E-state index in [4.69, 9.17) is 5.73 Å². The number of benzene rings is 1. The average Bonchev–Trinajstić information content (AvgIpc) is 2.52. The van der Waals surface area contributed by atoms with Gasteiger partial charge in [0.1, 0.15) is 12.0 Å². The molecule has 0 radical (unpaired) electrons. The van der Waals surface area contributed by atoms with Gasteiger partial charge in [-0.05, 0) is 31.0 Å². The third kappa shape index (κ3) is 3.68. The van der Waals surface area contributed by atoms with Crippen molar-refractivity contribution >= 4 is 38.9 Å². The fraction of sp³-hybridized carbons (Fsp3) is 0.375. The quantitative estimate of drug-likeness (QED) is 0.756. The summed E-state index contributed by atoms with van der Waals surface area (Å²) < 4.78 is 1.01. The zero-order valence-corrected chi connectivity index (χ0v) is 13.9. The number of hydrogen-bond donors (Lipinski definition) is 3. The van der Waals surface area contributed by atoms with Gasteiger partial charge in [-0.2, -0.15) is 0 Å². The van der Waals surface area contributed by atoms with Crippen molar-refractivity contribution in [3.05, 3.63) is 35.1 Å². The molecule has 1 aromatic carbocycles. The third-order valence-corrected chi connectivity index (χ3v) is 4.41. The zero-order chi connectivity index (χ0) is 15.4. The molecule has 3 rings (SSSR count). The van der Waals surface area contributed by atoms with Gasteiger partial charge in [0.15, 0.2) is 11.6 Å². The fourth-order valence-electron chi connectivity index (χ4n) is 2.75. The van der Waals surface area contributed by atoms with E-state index in [1.165, 1.54) is 32.1 Å². The van der Waals surface area contributed by atoms with Crippen molar-refractivity contribution in [1.29, 1.82) is 0 Å². The van der Waals surface area contributed by atoms with E-state index in [-0.39, 0.29) is 0 Å². The number of nitrogens with one attached hydrogen (secondary N) is 2. The highest BCUT2D eigenvalue weighted by Gasteiger charge is 2.16. The maximum atomic E-state index is 6.22. The van der Waals surface area contributed by atoms with Gasteiger partial charge in [0.05, 0.1) is 0 Å². The molecule has 1 aliphatic rings. The Labute approximate surface area is 138 Å². The normalized spacial score (nSPS) is 15.5. The molecule has 2 aromatic rings. The Balaban J connectivity index is 1.76. The molecular formula is C16H20BrN5. The third-order valence-electron chi connectivity index (χ3n) is 3.92. The van der Waals surface area contributed by atoms with Gasteiger partial charge in [0, 0.05) is 16.2 Å². The highest BCUT2D eigenvalue weighted by molar-refractivity contribution is 9.10. The molecule has 1 heterocycles. The van der Waals surface area contributed by atoms with Crippen LogP contribution in [0, 0.1) is 0 Å². The topological polar surface area (TPSA) is 75.9 Å². The van der Waals surface area contributed by atoms with E-state index in [2.05, 4.69) is 36.5 Å². The Kier molecular flexibility index (Phi) is 4.77. The Morgan fingerprint density at radius 1 is 1.09 bits per heavy atom. The van der Waals surface area contributed by atoms with Crippen LogP contribution < -0.4 is 16.4 Å². The summed E-state index contributed by atoms with van der Waals surface area (Å²) in [6, 6.07) is 8.36. The van der Waals surface area contributed by atoms with E-state index >= 15 is 0 Å². The molecule has 0 atom stereocenters. The number of halogens is 1. The summed E-state index contributed by atoms with van der Waals surface area (Å²) in [5.41, 5.74) is 7.72. The predicted octanol–water partition coefficient (Wildman–Crippen LogP) is 4.31. The second-order valence-electron chi connectivity index (χ2n) is 5.60. The van der Waals surface area contributed by atoms with Gasteiger partial charge in [-0.15, -0.1) is 0 Å². The van der Waals surface area contributed by atoms with E-state index in [1.54, 1.807) is 6.33 Å². The summed E-state index contributed by atoms with van der Waals surface area (Å²) in [6.07, 6.45) is 7.77. The van der Waals surface area contributed by atoms with Gasteiger partial charge in [-0.25, -0.2) is 9.97 Å². The Morgan fingerprint density at radius 2 is 1.86 bits per heavy atom. The van der Waals surface area contributed by atoms with Crippen LogP contribution in [0.1, 0.15) is 32.1 Å². The molecule has 1 aliphatic carbocycles. The molecule has 1 fully saturated rings. The molecule has 0 spiro atoms. The van der Waals surface area contributed by atoms with Crippen molar-refractivity contribution in [2.75, 3.05) is 16.4 Å². The van der Waals surface area contributed by atoms with Crippen LogP contribution >= 0.6 is 15.9 Å². The first kappa shape index (κ1) is 15.1. The first-order chi connectivity index (χ1) is 10.7. The van der Waals surface area contributed by atoms with Gasteiger partial charge < -0.3 is 16.4 Å². The van der Waals surface area contributed by atoms with E-state index in [1.807, 2.05) is 24.3 Å². The number of nitrogens with zero attached hydrogens (tertiary/aromatic N) is 2. The van der Waals surface area contributed by atoms with Crippen LogP contribution in [0.15, 0.2) is 35.1 Å². The second-order valence-corrected chi connectivity index (χ2v) is 6.51. The minimum atomic E-state index is 0.463. The van der Waals surface area contributed by atoms with Gasteiger partial charge in [-0.1, -0.05) is 41.3 Å². The van der Waals surface area contributed by atoms with E-state index < -0.39 is 0 Å². The molecule has 116 valence electrons. The van der Waals surface area contributed by atoms with Crippen molar-refractivity contribution in [2.24, 2.45) is 0 Å². The van der Waals surface area contributed by atoms with E-state index in [0.717, 1.165) is 16.0 Å². The molecule has 0 aliphatic heterocycles. The lowest BCUT2D eigenvalue weighted by atomic mass is 9.95. The molecule has 0 saturated heterocycles. The van der Waals surface area contributed by atoms with Crippen LogP contribution in [-0.4, -0.2) is 16.0 Å². The number of hydrogen-bond acceptors (Lipinski definition) is 5. The van der Waals surface area contributed by atoms with E-state index in [9.17, 15) is 0 Å². The van der Waals surface area contributed by atoms with Gasteiger partial charge >= 0.3 is 0 Å². The number of nitrogens with two attached hydrogens (primary N) is 1. The van der Waals surface area contributed by atoms with Crippen molar-refractivity contribution in [2.45, 2.75) is 38.1 Å². The van der Waals surface area contributed by atoms with Crippen LogP contribution in [0.4, 0.5) is 23.0 Å². The Hall–Kier alpha value is -1.82. The fourth-order valence-corrected chi connectivity index (χ4v) is 3.15. The summed E-state index contributed by atoms with van der Waals surface area (Å²) in [4.78, 5) is 8.55. The summed E-state index contributed by atoms with van der Waals surface area (Å²) in [7, 11) is 0. The lowest BCUT2D eigenvalue weighted by Gasteiger charge is -2.24. The summed E-state index contributed by atoms with van der Waals surface area (Å²) >= 11 is 3.46. The van der Waals surface area contributed by atoms with Gasteiger partial charge in [0.2, 0.25) is 0 Å². The highest BCUT2D eigenvalue weighted by atomic mass is 79.9. The van der Waals surface area contributed by atoms with Gasteiger partial charge in [-0.3, -0.25) is 0 Å². The lowest BCUT2D eigenvalue weighted by Crippen LogP contribution is -2.23. The SMILES string of the molecule is Nc1c(Nc2cccc(Br)c2)ncnc1NC1CCCCC1. The van der Waals surface area contributed by atoms with Crippen LogP contribution in [0.3, 0.4) is 0 Å². The monoisotopic (exact) mass is 361 g/mol. The Bertz CT molecular complexity index is 640. The van der Waals surface area contributed by atoms with Gasteiger partial charge in [0.25, 0.3) is 0 Å². The molecule has 22 heavy (non-hydrogen) atoms. The standard InChI is InChI=1S/C16H20BrN5/c17-11-5-4-8-13(9-11)22-16-14(18)15(19-10-20-16)21-12-6-2-1-3-7-12/h4-5,8-10,12H,1-3,6-7,18H2,(H2,19,20,21,22). The molecule has 1 aromatic heterocycles. The van der Waals surface area contributed by atoms with Crippen LogP contribution in [0.25, 0.3) is 0 Å².